The Morgan fingerprint density at radius 3 is 2.46 bits per heavy atom. The minimum Gasteiger partial charge on any atom is -0.497 e. The Morgan fingerprint density at radius 1 is 1.19 bits per heavy atom. The van der Waals surface area contributed by atoms with Gasteiger partial charge in [0.15, 0.2) is 0 Å². The first-order valence-corrected chi connectivity index (χ1v) is 8.61. The van der Waals surface area contributed by atoms with Crippen LogP contribution in [0.2, 0.25) is 10.2 Å². The van der Waals surface area contributed by atoms with E-state index in [9.17, 15) is 4.79 Å². The number of halogens is 2. The van der Waals surface area contributed by atoms with Crippen LogP contribution >= 0.6 is 23.2 Å². The number of fused-ring (bicyclic) bond motifs is 1. The molecule has 1 atom stereocenters. The molecule has 0 aliphatic carbocycles. The fourth-order valence-corrected chi connectivity index (χ4v) is 3.49. The van der Waals surface area contributed by atoms with Gasteiger partial charge in [0.25, 0.3) is 0 Å². The van der Waals surface area contributed by atoms with Gasteiger partial charge in [-0.05, 0) is 35.9 Å². The molecule has 0 saturated carbocycles. The molecular formula is C19H17Cl2N3O2. The fraction of sp³-hybridized carbons (Fsp3) is 0.158. The number of primary amides is 1. The summed E-state index contributed by atoms with van der Waals surface area (Å²) in [7, 11) is 3.34. The van der Waals surface area contributed by atoms with Crippen LogP contribution in [0, 0.1) is 0 Å². The maximum absolute atomic E-state index is 12.3. The largest absolute Gasteiger partial charge is 0.497 e. The van der Waals surface area contributed by atoms with E-state index in [2.05, 4.69) is 10.3 Å². The lowest BCUT2D eigenvalue weighted by atomic mass is 9.89. The number of amides is 1. The van der Waals surface area contributed by atoms with E-state index in [0.29, 0.717) is 33.1 Å². The molecule has 3 rings (SSSR count). The second-order valence-corrected chi connectivity index (χ2v) is 6.51. The zero-order valence-corrected chi connectivity index (χ0v) is 15.7. The van der Waals surface area contributed by atoms with Gasteiger partial charge in [-0.2, -0.15) is 0 Å². The van der Waals surface area contributed by atoms with Gasteiger partial charge in [0.05, 0.1) is 24.2 Å². The number of nitrogens with two attached hydrogens (primary N) is 1. The van der Waals surface area contributed by atoms with E-state index >= 15 is 0 Å². The quantitative estimate of drug-likeness (QED) is 0.640. The molecule has 26 heavy (non-hydrogen) atoms. The lowest BCUT2D eigenvalue weighted by molar-refractivity contribution is -0.118. The van der Waals surface area contributed by atoms with E-state index in [1.807, 2.05) is 6.07 Å². The summed E-state index contributed by atoms with van der Waals surface area (Å²) in [6, 6.07) is 12.4. The molecule has 0 bridgehead atoms. The number of rotatable bonds is 5. The number of nitrogens with one attached hydrogen (secondary N) is 1. The van der Waals surface area contributed by atoms with Gasteiger partial charge < -0.3 is 15.8 Å². The maximum atomic E-state index is 12.3. The molecule has 5 nitrogen and oxygen atoms in total. The van der Waals surface area contributed by atoms with Crippen molar-refractivity contribution in [3.63, 3.8) is 0 Å². The van der Waals surface area contributed by atoms with Crippen molar-refractivity contribution in [2.75, 3.05) is 19.5 Å². The zero-order chi connectivity index (χ0) is 18.8. The number of anilines is 1. The Labute approximate surface area is 161 Å². The fourth-order valence-electron chi connectivity index (χ4n) is 3.03. The zero-order valence-electron chi connectivity index (χ0n) is 14.2. The van der Waals surface area contributed by atoms with Crippen molar-refractivity contribution in [1.82, 2.24) is 4.98 Å². The number of aromatic nitrogens is 1. The average Bonchev–Trinajstić information content (AvgIpc) is 2.62. The van der Waals surface area contributed by atoms with Crippen LogP contribution in [0.25, 0.3) is 10.9 Å². The molecule has 1 heterocycles. The molecule has 3 N–H and O–H groups in total. The second kappa shape index (κ2) is 7.40. The van der Waals surface area contributed by atoms with Gasteiger partial charge in [-0.1, -0.05) is 35.3 Å². The van der Waals surface area contributed by atoms with E-state index < -0.39 is 11.8 Å². The number of methoxy groups -OCH3 is 1. The van der Waals surface area contributed by atoms with Gasteiger partial charge in [0.1, 0.15) is 10.9 Å². The van der Waals surface area contributed by atoms with E-state index in [0.717, 1.165) is 5.39 Å². The minimum absolute atomic E-state index is 0.198. The third-order valence-corrected chi connectivity index (χ3v) is 4.73. The molecule has 0 radical (unpaired) electrons. The summed E-state index contributed by atoms with van der Waals surface area (Å²) < 4.78 is 5.17. The lowest BCUT2D eigenvalue weighted by Gasteiger charge is -2.21. The number of hydrogen-bond donors (Lipinski definition) is 2. The van der Waals surface area contributed by atoms with Gasteiger partial charge in [-0.25, -0.2) is 4.98 Å². The van der Waals surface area contributed by atoms with E-state index in [4.69, 9.17) is 33.7 Å². The van der Waals surface area contributed by atoms with Crippen molar-refractivity contribution >= 4 is 45.7 Å². The van der Waals surface area contributed by atoms with Gasteiger partial charge in [0.2, 0.25) is 5.91 Å². The maximum Gasteiger partial charge on any atom is 0.229 e. The van der Waals surface area contributed by atoms with Crippen LogP contribution < -0.4 is 15.8 Å². The van der Waals surface area contributed by atoms with Crippen LogP contribution in [0.3, 0.4) is 0 Å². The molecule has 0 aliphatic rings. The number of nitrogens with zero attached hydrogens (tertiary/aromatic N) is 1. The molecule has 0 aliphatic heterocycles. The molecule has 1 aromatic heterocycles. The minimum atomic E-state index is -0.761. The third kappa shape index (κ3) is 3.28. The summed E-state index contributed by atoms with van der Waals surface area (Å²) in [5, 5.41) is 4.68. The Kier molecular flexibility index (Phi) is 5.20. The highest BCUT2D eigenvalue weighted by molar-refractivity contribution is 6.33. The number of carbonyl (C=O) groups excluding carboxylic acids is 1. The summed E-state index contributed by atoms with van der Waals surface area (Å²) >= 11 is 12.5. The van der Waals surface area contributed by atoms with E-state index in [1.165, 1.54) is 0 Å². The highest BCUT2D eigenvalue weighted by Gasteiger charge is 2.28. The molecule has 2 aromatic carbocycles. The van der Waals surface area contributed by atoms with Crippen LogP contribution in [0.5, 0.6) is 5.75 Å². The summed E-state index contributed by atoms with van der Waals surface area (Å²) in [6.45, 7) is 0. The van der Waals surface area contributed by atoms with Crippen molar-refractivity contribution in [3.8, 4) is 5.75 Å². The standard InChI is InChI=1S/C19H17Cl2N3O2/c1-23-17-13-8-5-11(20)9-14(13)24-18(21)16(17)15(19(22)25)10-3-6-12(26-2)7-4-10/h3-9,15H,1-2H3,(H2,22,25)(H,23,24). The van der Waals surface area contributed by atoms with Crippen molar-refractivity contribution in [3.05, 3.63) is 63.8 Å². The molecule has 1 amide bonds. The van der Waals surface area contributed by atoms with Crippen LogP contribution in [0.15, 0.2) is 42.5 Å². The highest BCUT2D eigenvalue weighted by atomic mass is 35.5. The molecule has 0 spiro atoms. The SMILES string of the molecule is CNc1c(C(C(N)=O)c2ccc(OC)cc2)c(Cl)nc2cc(Cl)ccc12. The molecule has 0 saturated heterocycles. The van der Waals surface area contributed by atoms with E-state index in [1.54, 1.807) is 50.6 Å². The van der Waals surface area contributed by atoms with Crippen LogP contribution in [0.1, 0.15) is 17.0 Å². The average molecular weight is 390 g/mol. The van der Waals surface area contributed by atoms with Crippen molar-refractivity contribution in [2.45, 2.75) is 5.92 Å². The molecular weight excluding hydrogens is 373 g/mol. The first-order chi connectivity index (χ1) is 12.5. The Morgan fingerprint density at radius 2 is 1.88 bits per heavy atom. The van der Waals surface area contributed by atoms with Gasteiger partial charge >= 0.3 is 0 Å². The van der Waals surface area contributed by atoms with Crippen molar-refractivity contribution in [2.24, 2.45) is 5.73 Å². The summed E-state index contributed by atoms with van der Waals surface area (Å²) in [5.74, 6) is -0.602. The first kappa shape index (κ1) is 18.3. The van der Waals surface area contributed by atoms with Crippen molar-refractivity contribution < 1.29 is 9.53 Å². The Balaban J connectivity index is 2.26. The Bertz CT molecular complexity index is 975. The molecule has 1 unspecified atom stereocenters. The van der Waals surface area contributed by atoms with Crippen LogP contribution in [0.4, 0.5) is 5.69 Å². The van der Waals surface area contributed by atoms with E-state index in [-0.39, 0.29) is 5.15 Å². The monoisotopic (exact) mass is 389 g/mol. The predicted molar refractivity (Wildman–Crippen MR) is 105 cm³/mol. The summed E-state index contributed by atoms with van der Waals surface area (Å²) in [6.07, 6.45) is 0. The summed E-state index contributed by atoms with van der Waals surface area (Å²) in [5.41, 5.74) is 8.28. The van der Waals surface area contributed by atoms with Gasteiger partial charge in [-0.15, -0.1) is 0 Å². The number of ether oxygens (including phenoxy) is 1. The highest BCUT2D eigenvalue weighted by Crippen LogP contribution is 2.40. The molecule has 7 heteroatoms. The number of carbonyl (C=O) groups is 1. The van der Waals surface area contributed by atoms with Gasteiger partial charge in [0, 0.05) is 23.0 Å². The van der Waals surface area contributed by atoms with Gasteiger partial charge in [-0.3, -0.25) is 4.79 Å². The predicted octanol–water partition coefficient (Wildman–Crippen LogP) is 4.21. The lowest BCUT2D eigenvalue weighted by Crippen LogP contribution is -2.24. The number of pyridine rings is 1. The third-order valence-electron chi connectivity index (χ3n) is 4.21. The van der Waals surface area contributed by atoms with Crippen molar-refractivity contribution in [1.29, 1.82) is 0 Å². The second-order valence-electron chi connectivity index (χ2n) is 5.71. The number of hydrogen-bond acceptors (Lipinski definition) is 4. The molecule has 3 aromatic rings. The smallest absolute Gasteiger partial charge is 0.229 e. The van der Waals surface area contributed by atoms with Crippen LogP contribution in [-0.4, -0.2) is 25.0 Å². The molecule has 0 fully saturated rings. The van der Waals surface area contributed by atoms with Crippen LogP contribution in [-0.2, 0) is 4.79 Å². The number of benzene rings is 2. The normalized spacial score (nSPS) is 12.0. The molecule has 134 valence electrons. The first-order valence-electron chi connectivity index (χ1n) is 7.86. The topological polar surface area (TPSA) is 77.2 Å². The summed E-state index contributed by atoms with van der Waals surface area (Å²) in [4.78, 5) is 16.7. The Hall–Kier alpha value is -2.50.